The highest BCUT2D eigenvalue weighted by Crippen LogP contribution is 2.22. The summed E-state index contributed by atoms with van der Waals surface area (Å²) in [4.78, 5) is 14.1. The Morgan fingerprint density at radius 1 is 1.30 bits per heavy atom. The van der Waals surface area contributed by atoms with E-state index in [1.54, 1.807) is 11.0 Å². The second-order valence-electron chi connectivity index (χ2n) is 6.33. The minimum absolute atomic E-state index is 0.179. The number of aromatic nitrogens is 2. The van der Waals surface area contributed by atoms with Gasteiger partial charge in [-0.05, 0) is 43.5 Å². The molecule has 0 radical (unpaired) electrons. The number of aliphatic hydroxyl groups excluding tert-OH is 1. The van der Waals surface area contributed by atoms with Crippen molar-refractivity contribution in [3.63, 3.8) is 0 Å². The second-order valence-corrected chi connectivity index (χ2v) is 6.33. The van der Waals surface area contributed by atoms with Gasteiger partial charge in [0.1, 0.15) is 5.69 Å². The minimum atomic E-state index is -0.565. The van der Waals surface area contributed by atoms with E-state index >= 15 is 0 Å². The summed E-state index contributed by atoms with van der Waals surface area (Å²) in [5.41, 5.74) is 10.4. The van der Waals surface area contributed by atoms with E-state index in [9.17, 15) is 9.90 Å². The lowest BCUT2D eigenvalue weighted by atomic mass is 10.0. The molecule has 0 saturated carbocycles. The molecule has 1 aliphatic heterocycles. The largest absolute Gasteiger partial charge is 0.391 e. The summed E-state index contributed by atoms with van der Waals surface area (Å²) in [5, 5.41) is 16.8. The van der Waals surface area contributed by atoms with Crippen LogP contribution in [0.1, 0.15) is 28.0 Å². The first-order valence-corrected chi connectivity index (χ1v) is 7.80. The number of hydrogen-bond acceptors (Lipinski definition) is 4. The lowest BCUT2D eigenvalue weighted by Gasteiger charge is -2.33. The van der Waals surface area contributed by atoms with E-state index in [2.05, 4.69) is 23.2 Å². The number of amides is 1. The van der Waals surface area contributed by atoms with Crippen LogP contribution in [0.15, 0.2) is 24.3 Å². The predicted octanol–water partition coefficient (Wildman–Crippen LogP) is 1.23. The van der Waals surface area contributed by atoms with E-state index in [4.69, 9.17) is 5.73 Å². The molecule has 1 fully saturated rings. The van der Waals surface area contributed by atoms with E-state index < -0.39 is 6.10 Å². The van der Waals surface area contributed by atoms with Crippen LogP contribution in [-0.2, 0) is 0 Å². The van der Waals surface area contributed by atoms with Gasteiger partial charge in [0.2, 0.25) is 0 Å². The number of rotatable bonds is 2. The van der Waals surface area contributed by atoms with Crippen molar-refractivity contribution in [1.82, 2.24) is 15.1 Å². The van der Waals surface area contributed by atoms with Crippen LogP contribution in [0.2, 0.25) is 0 Å². The van der Waals surface area contributed by atoms with Crippen molar-refractivity contribution >= 4 is 5.91 Å². The Bertz CT molecular complexity index is 715. The van der Waals surface area contributed by atoms with E-state index in [1.165, 1.54) is 11.1 Å². The monoisotopic (exact) mass is 314 g/mol. The Morgan fingerprint density at radius 2 is 2.09 bits per heavy atom. The second kappa shape index (κ2) is 6.14. The zero-order valence-corrected chi connectivity index (χ0v) is 13.4. The molecule has 6 heteroatoms. The van der Waals surface area contributed by atoms with Gasteiger partial charge < -0.3 is 15.7 Å². The van der Waals surface area contributed by atoms with Gasteiger partial charge in [0.25, 0.3) is 5.91 Å². The Balaban J connectivity index is 1.81. The number of nitrogens with zero attached hydrogens (tertiary/aromatic N) is 2. The highest BCUT2D eigenvalue weighted by atomic mass is 16.3. The molecule has 0 spiro atoms. The number of benzene rings is 1. The van der Waals surface area contributed by atoms with Gasteiger partial charge in [-0.1, -0.05) is 12.1 Å². The fraction of sp³-hybridized carbons (Fsp3) is 0.412. The first-order chi connectivity index (χ1) is 10.9. The lowest BCUT2D eigenvalue weighted by Crippen LogP contribution is -2.51. The minimum Gasteiger partial charge on any atom is -0.391 e. The summed E-state index contributed by atoms with van der Waals surface area (Å²) in [7, 11) is 0. The molecule has 0 bridgehead atoms. The topological polar surface area (TPSA) is 95.2 Å². The van der Waals surface area contributed by atoms with E-state index in [-0.39, 0.29) is 11.9 Å². The SMILES string of the molecule is Cc1ccc(-c2cc(C(=O)N3CC(N)CC(O)C3)[nH]n2)cc1C. The molecule has 1 saturated heterocycles. The third kappa shape index (κ3) is 3.28. The third-order valence-electron chi connectivity index (χ3n) is 4.36. The number of aryl methyl sites for hydroxylation is 2. The molecule has 122 valence electrons. The van der Waals surface area contributed by atoms with Gasteiger partial charge in [0.05, 0.1) is 11.8 Å². The van der Waals surface area contributed by atoms with E-state index in [0.717, 1.165) is 11.3 Å². The summed E-state index contributed by atoms with van der Waals surface area (Å²) in [6.45, 7) is 4.87. The van der Waals surface area contributed by atoms with Gasteiger partial charge >= 0.3 is 0 Å². The number of carbonyl (C=O) groups is 1. The van der Waals surface area contributed by atoms with Crippen LogP contribution in [0.5, 0.6) is 0 Å². The first kappa shape index (κ1) is 15.7. The summed E-state index contributed by atoms with van der Waals surface area (Å²) in [6.07, 6.45) is -0.0365. The normalized spacial score (nSPS) is 21.5. The molecule has 1 aliphatic rings. The number of carbonyl (C=O) groups excluding carboxylic acids is 1. The molecule has 3 rings (SSSR count). The van der Waals surface area contributed by atoms with Crippen LogP contribution in [0.3, 0.4) is 0 Å². The summed E-state index contributed by atoms with van der Waals surface area (Å²) < 4.78 is 0. The molecule has 23 heavy (non-hydrogen) atoms. The van der Waals surface area contributed by atoms with Crippen LogP contribution >= 0.6 is 0 Å². The first-order valence-electron chi connectivity index (χ1n) is 7.80. The van der Waals surface area contributed by atoms with Crippen LogP contribution < -0.4 is 5.73 Å². The molecule has 1 aromatic heterocycles. The maximum Gasteiger partial charge on any atom is 0.272 e. The number of nitrogens with one attached hydrogen (secondary N) is 1. The highest BCUT2D eigenvalue weighted by molar-refractivity contribution is 5.93. The van der Waals surface area contributed by atoms with Crippen molar-refractivity contribution in [1.29, 1.82) is 0 Å². The predicted molar refractivity (Wildman–Crippen MR) is 88.0 cm³/mol. The molecule has 2 unspecified atom stereocenters. The van der Waals surface area contributed by atoms with Gasteiger partial charge in [-0.2, -0.15) is 5.10 Å². The fourth-order valence-electron chi connectivity index (χ4n) is 2.93. The maximum atomic E-state index is 12.5. The molecule has 2 atom stereocenters. The van der Waals surface area contributed by atoms with E-state index in [1.807, 2.05) is 19.1 Å². The Morgan fingerprint density at radius 3 is 2.78 bits per heavy atom. The zero-order chi connectivity index (χ0) is 16.6. The third-order valence-corrected chi connectivity index (χ3v) is 4.36. The lowest BCUT2D eigenvalue weighted by molar-refractivity contribution is 0.0419. The van der Waals surface area contributed by atoms with Crippen molar-refractivity contribution in [2.45, 2.75) is 32.4 Å². The highest BCUT2D eigenvalue weighted by Gasteiger charge is 2.28. The number of likely N-dealkylation sites (tertiary alicyclic amines) is 1. The molecule has 2 heterocycles. The fourth-order valence-corrected chi connectivity index (χ4v) is 2.93. The summed E-state index contributed by atoms with van der Waals surface area (Å²) in [6, 6.07) is 7.65. The number of aliphatic hydroxyl groups is 1. The quantitative estimate of drug-likeness (QED) is 0.777. The van der Waals surface area contributed by atoms with Crippen molar-refractivity contribution < 1.29 is 9.90 Å². The van der Waals surface area contributed by atoms with Crippen molar-refractivity contribution in [3.8, 4) is 11.3 Å². The van der Waals surface area contributed by atoms with E-state index in [0.29, 0.717) is 25.2 Å². The molecule has 2 aromatic rings. The maximum absolute atomic E-state index is 12.5. The molecular weight excluding hydrogens is 292 g/mol. The average molecular weight is 314 g/mol. The number of nitrogens with two attached hydrogens (primary N) is 1. The summed E-state index contributed by atoms with van der Waals surface area (Å²) in [5.74, 6) is -0.179. The molecular formula is C17H22N4O2. The molecule has 4 N–H and O–H groups in total. The van der Waals surface area contributed by atoms with Gasteiger partial charge in [-0.25, -0.2) is 0 Å². The number of H-pyrrole nitrogens is 1. The summed E-state index contributed by atoms with van der Waals surface area (Å²) >= 11 is 0. The van der Waals surface area contributed by atoms with Crippen LogP contribution in [0.4, 0.5) is 0 Å². The standard InChI is InChI=1S/C17H22N4O2/c1-10-3-4-12(5-11(10)2)15-7-16(20-19-15)17(23)21-8-13(18)6-14(22)9-21/h3-5,7,13-14,22H,6,8-9,18H2,1-2H3,(H,19,20). The molecule has 0 aliphatic carbocycles. The number of β-amino-alcohol motifs (C(OH)–C–C–N with tert-alkyl or cyclic N) is 1. The zero-order valence-electron chi connectivity index (χ0n) is 13.4. The molecule has 6 nitrogen and oxygen atoms in total. The Kier molecular flexibility index (Phi) is 4.19. The van der Waals surface area contributed by atoms with Gasteiger partial charge in [-0.3, -0.25) is 9.89 Å². The molecule has 1 aromatic carbocycles. The number of piperidine rings is 1. The van der Waals surface area contributed by atoms with Gasteiger partial charge in [-0.15, -0.1) is 0 Å². The smallest absolute Gasteiger partial charge is 0.272 e. The number of aromatic amines is 1. The van der Waals surface area contributed by atoms with Crippen molar-refractivity contribution in [2.75, 3.05) is 13.1 Å². The average Bonchev–Trinajstić information content (AvgIpc) is 2.98. The Labute approximate surface area is 135 Å². The van der Waals surface area contributed by atoms with Gasteiger partial charge in [0, 0.05) is 24.7 Å². The van der Waals surface area contributed by atoms with Crippen LogP contribution in [0, 0.1) is 13.8 Å². The van der Waals surface area contributed by atoms with Crippen LogP contribution in [-0.4, -0.2) is 51.3 Å². The van der Waals surface area contributed by atoms with Crippen molar-refractivity contribution in [2.24, 2.45) is 5.73 Å². The van der Waals surface area contributed by atoms with Gasteiger partial charge in [0.15, 0.2) is 0 Å². The Hall–Kier alpha value is -2.18. The van der Waals surface area contributed by atoms with Crippen molar-refractivity contribution in [3.05, 3.63) is 41.1 Å². The van der Waals surface area contributed by atoms with Crippen LogP contribution in [0.25, 0.3) is 11.3 Å². The number of hydrogen-bond donors (Lipinski definition) is 3. The molecule has 1 amide bonds.